The summed E-state index contributed by atoms with van der Waals surface area (Å²) in [5.41, 5.74) is 0. The molecule has 0 heterocycles. The number of unbranched alkanes of at least 4 members (excludes halogenated alkanes) is 14. The molecule has 6 nitrogen and oxygen atoms in total. The minimum atomic E-state index is -1.64. The summed E-state index contributed by atoms with van der Waals surface area (Å²) >= 11 is 0. The van der Waals surface area contributed by atoms with Crippen molar-refractivity contribution in [3.05, 3.63) is 0 Å². The van der Waals surface area contributed by atoms with Crippen LogP contribution in [0.4, 0.5) is 0 Å². The zero-order valence-corrected chi connectivity index (χ0v) is 17.7. The van der Waals surface area contributed by atoms with E-state index in [0.717, 1.165) is 12.8 Å². The largest absolute Gasteiger partial charge is 0.479 e. The van der Waals surface area contributed by atoms with Crippen molar-refractivity contribution in [3.63, 3.8) is 0 Å². The number of hydrogen-bond acceptors (Lipinski definition) is 4. The summed E-state index contributed by atoms with van der Waals surface area (Å²) in [6.45, 7) is 1.35. The van der Waals surface area contributed by atoms with Crippen LogP contribution in [0.25, 0.3) is 0 Å². The average molecular weight is 400 g/mol. The lowest BCUT2D eigenvalue weighted by atomic mass is 10.0. The van der Waals surface area contributed by atoms with E-state index in [-0.39, 0.29) is 6.42 Å². The first-order valence-corrected chi connectivity index (χ1v) is 11.2. The first kappa shape index (κ1) is 26.6. The molecule has 0 rings (SSSR count). The van der Waals surface area contributed by atoms with Gasteiger partial charge in [-0.1, -0.05) is 96.8 Å². The molecule has 0 aromatic rings. The summed E-state index contributed by atoms with van der Waals surface area (Å²) in [6.07, 6.45) is 18.8. The Morgan fingerprint density at radius 1 is 0.714 bits per heavy atom. The lowest BCUT2D eigenvalue weighted by molar-refractivity contribution is -0.146. The fourth-order valence-electron chi connectivity index (χ4n) is 3.26. The second-order valence-corrected chi connectivity index (χ2v) is 7.66. The first-order valence-electron chi connectivity index (χ1n) is 11.2. The number of hydrogen-bond donors (Lipinski definition) is 3. The zero-order chi connectivity index (χ0) is 21.0. The zero-order valence-electron chi connectivity index (χ0n) is 17.7. The summed E-state index contributed by atoms with van der Waals surface area (Å²) in [5, 5.41) is 19.8. The number of carboxylic acids is 1. The van der Waals surface area contributed by atoms with Crippen molar-refractivity contribution in [2.45, 2.75) is 116 Å². The van der Waals surface area contributed by atoms with Gasteiger partial charge < -0.3 is 15.5 Å². The fraction of sp³-hybridized carbons (Fsp3) is 0.864. The minimum absolute atomic E-state index is 0.209. The van der Waals surface area contributed by atoms with Gasteiger partial charge in [0.15, 0.2) is 11.8 Å². The Kier molecular flexibility index (Phi) is 17.9. The molecule has 1 amide bonds. The summed E-state index contributed by atoms with van der Waals surface area (Å²) < 4.78 is 0. The molecule has 0 aliphatic heterocycles. The highest BCUT2D eigenvalue weighted by molar-refractivity contribution is 6.05. The Morgan fingerprint density at radius 2 is 1.11 bits per heavy atom. The predicted octanol–water partition coefficient (Wildman–Crippen LogP) is 4.38. The Hall–Kier alpha value is -1.43. The van der Waals surface area contributed by atoms with Crippen LogP contribution in [0.15, 0.2) is 0 Å². The maximum absolute atomic E-state index is 11.7. The molecule has 0 aromatic heterocycles. The van der Waals surface area contributed by atoms with Crippen LogP contribution >= 0.6 is 0 Å². The number of aliphatic hydroxyl groups excluding tert-OH is 1. The highest BCUT2D eigenvalue weighted by Crippen LogP contribution is 2.13. The molecule has 0 saturated heterocycles. The number of aliphatic hydroxyl groups is 1. The molecule has 1 atom stereocenters. The van der Waals surface area contributed by atoms with Gasteiger partial charge >= 0.3 is 5.97 Å². The number of ketones is 1. The quantitative estimate of drug-likeness (QED) is 0.208. The van der Waals surface area contributed by atoms with Gasteiger partial charge in [-0.15, -0.1) is 0 Å². The van der Waals surface area contributed by atoms with Gasteiger partial charge in [0.25, 0.3) is 0 Å². The maximum atomic E-state index is 11.7. The van der Waals surface area contributed by atoms with Crippen LogP contribution in [0.5, 0.6) is 0 Å². The number of carbonyl (C=O) groups is 3. The van der Waals surface area contributed by atoms with E-state index >= 15 is 0 Å². The molecular weight excluding hydrogens is 358 g/mol. The van der Waals surface area contributed by atoms with Gasteiger partial charge in [-0.05, 0) is 6.42 Å². The molecule has 6 heteroatoms. The van der Waals surface area contributed by atoms with E-state index in [0.29, 0.717) is 6.42 Å². The lowest BCUT2D eigenvalue weighted by Crippen LogP contribution is -2.47. The molecule has 0 fully saturated rings. The van der Waals surface area contributed by atoms with Crippen LogP contribution in [0.2, 0.25) is 0 Å². The van der Waals surface area contributed by atoms with Crippen molar-refractivity contribution in [2.24, 2.45) is 0 Å². The van der Waals surface area contributed by atoms with Gasteiger partial charge in [0.2, 0.25) is 5.91 Å². The van der Waals surface area contributed by atoms with Gasteiger partial charge in [-0.25, -0.2) is 4.79 Å². The Bertz CT molecular complexity index is 425. The summed E-state index contributed by atoms with van der Waals surface area (Å²) in [7, 11) is 0. The van der Waals surface area contributed by atoms with E-state index in [9.17, 15) is 14.4 Å². The van der Waals surface area contributed by atoms with Gasteiger partial charge in [0.05, 0.1) is 0 Å². The van der Waals surface area contributed by atoms with Crippen molar-refractivity contribution in [3.8, 4) is 0 Å². The molecule has 0 bridgehead atoms. The number of aliphatic carboxylic acids is 1. The predicted molar refractivity (Wildman–Crippen MR) is 111 cm³/mol. The summed E-state index contributed by atoms with van der Waals surface area (Å²) in [5.74, 6) is -2.80. The molecule has 0 aromatic carbocycles. The van der Waals surface area contributed by atoms with Crippen LogP contribution in [0.1, 0.15) is 110 Å². The number of carbonyl (C=O) groups excluding carboxylic acids is 2. The SMILES string of the molecule is CCCCCCCCCCCCCCCCCC(=O)N[C@H](C(=O)O)C(=O)CO. The van der Waals surface area contributed by atoms with Crippen molar-refractivity contribution in [1.82, 2.24) is 5.32 Å². The van der Waals surface area contributed by atoms with Crippen molar-refractivity contribution >= 4 is 17.7 Å². The second-order valence-electron chi connectivity index (χ2n) is 7.66. The Balaban J connectivity index is 3.44. The maximum Gasteiger partial charge on any atom is 0.334 e. The monoisotopic (exact) mass is 399 g/mol. The van der Waals surface area contributed by atoms with Gasteiger partial charge in [0, 0.05) is 6.42 Å². The molecule has 0 aliphatic carbocycles. The average Bonchev–Trinajstić information content (AvgIpc) is 2.68. The van der Waals surface area contributed by atoms with Crippen LogP contribution in [-0.2, 0) is 14.4 Å². The van der Waals surface area contributed by atoms with Crippen LogP contribution < -0.4 is 5.32 Å². The van der Waals surface area contributed by atoms with E-state index in [1.54, 1.807) is 0 Å². The Labute approximate surface area is 170 Å². The van der Waals surface area contributed by atoms with Crippen LogP contribution in [-0.4, -0.2) is 40.5 Å². The first-order chi connectivity index (χ1) is 13.5. The van der Waals surface area contributed by atoms with Crippen molar-refractivity contribution < 1.29 is 24.6 Å². The van der Waals surface area contributed by atoms with E-state index in [2.05, 4.69) is 12.2 Å². The molecule has 3 N–H and O–H groups in total. The van der Waals surface area contributed by atoms with E-state index in [4.69, 9.17) is 10.2 Å². The number of Topliss-reactive ketones (excluding diaryl/α,β-unsaturated/α-hetero) is 1. The van der Waals surface area contributed by atoms with Gasteiger partial charge in [0.1, 0.15) is 6.61 Å². The topological polar surface area (TPSA) is 104 Å². The standard InChI is InChI=1S/C22H41NO5/c1-2-3-4-5-6-7-8-9-10-11-12-13-14-15-16-17-20(26)23-21(22(27)28)19(25)18-24/h21,24H,2-18H2,1H3,(H,23,26)(H,27,28)/t21-/m0/s1. The van der Waals surface area contributed by atoms with E-state index in [1.807, 2.05) is 0 Å². The van der Waals surface area contributed by atoms with Crippen LogP contribution in [0, 0.1) is 0 Å². The number of rotatable bonds is 20. The lowest BCUT2D eigenvalue weighted by Gasteiger charge is -2.12. The third kappa shape index (κ3) is 15.6. The van der Waals surface area contributed by atoms with E-state index in [1.165, 1.54) is 77.0 Å². The highest BCUT2D eigenvalue weighted by Gasteiger charge is 2.26. The smallest absolute Gasteiger partial charge is 0.334 e. The summed E-state index contributed by atoms with van der Waals surface area (Å²) in [6, 6.07) is -1.64. The molecule has 164 valence electrons. The number of amides is 1. The molecule has 0 radical (unpaired) electrons. The van der Waals surface area contributed by atoms with Crippen LogP contribution in [0.3, 0.4) is 0 Å². The van der Waals surface area contributed by atoms with Crippen molar-refractivity contribution in [1.29, 1.82) is 0 Å². The molecular formula is C22H41NO5. The molecule has 0 unspecified atom stereocenters. The normalized spacial score (nSPS) is 11.9. The van der Waals surface area contributed by atoms with Gasteiger partial charge in [-0.3, -0.25) is 9.59 Å². The number of nitrogens with one attached hydrogen (secondary N) is 1. The highest BCUT2D eigenvalue weighted by atomic mass is 16.4. The third-order valence-electron chi connectivity index (χ3n) is 5.04. The van der Waals surface area contributed by atoms with Crippen molar-refractivity contribution in [2.75, 3.05) is 6.61 Å². The Morgan fingerprint density at radius 3 is 1.46 bits per heavy atom. The molecule has 0 saturated carbocycles. The fourth-order valence-corrected chi connectivity index (χ4v) is 3.26. The third-order valence-corrected chi connectivity index (χ3v) is 5.04. The summed E-state index contributed by atoms with van der Waals surface area (Å²) in [4.78, 5) is 33.9. The van der Waals surface area contributed by atoms with E-state index < -0.39 is 30.3 Å². The van der Waals surface area contributed by atoms with Gasteiger partial charge in [-0.2, -0.15) is 0 Å². The minimum Gasteiger partial charge on any atom is -0.479 e. The number of carboxylic acid groups (broad SMARTS) is 1. The molecule has 28 heavy (non-hydrogen) atoms. The second kappa shape index (κ2) is 18.9. The molecule has 0 spiro atoms. The molecule has 0 aliphatic rings.